The number of esters is 1. The number of nitrogens with one attached hydrogen (secondary N) is 2. The van der Waals surface area contributed by atoms with Crippen LogP contribution in [-0.2, 0) is 4.74 Å². The van der Waals surface area contributed by atoms with Gasteiger partial charge in [-0.2, -0.15) is 0 Å². The highest BCUT2D eigenvalue weighted by atomic mass is 16.5. The highest BCUT2D eigenvalue weighted by Gasteiger charge is 2.17. The molecule has 0 fully saturated rings. The van der Waals surface area contributed by atoms with Crippen molar-refractivity contribution >= 4 is 17.6 Å². The summed E-state index contributed by atoms with van der Waals surface area (Å²) in [5.74, 6) is -1.20. The van der Waals surface area contributed by atoms with Gasteiger partial charge in [0.1, 0.15) is 5.56 Å². The molecule has 6 heteroatoms. The van der Waals surface area contributed by atoms with Crippen molar-refractivity contribution < 1.29 is 14.3 Å². The second-order valence-corrected chi connectivity index (χ2v) is 4.36. The number of amides is 1. The summed E-state index contributed by atoms with van der Waals surface area (Å²) >= 11 is 0. The Morgan fingerprint density at radius 2 is 1.81 bits per heavy atom. The number of hydrogen-bond acceptors (Lipinski definition) is 4. The van der Waals surface area contributed by atoms with Crippen LogP contribution < -0.4 is 10.9 Å². The number of H-pyrrole nitrogens is 1. The van der Waals surface area contributed by atoms with E-state index in [4.69, 9.17) is 0 Å². The van der Waals surface area contributed by atoms with Crippen LogP contribution in [0.2, 0.25) is 0 Å². The number of anilines is 1. The minimum absolute atomic E-state index is 0.148. The van der Waals surface area contributed by atoms with Gasteiger partial charge in [0.2, 0.25) is 0 Å². The molecule has 2 aromatic rings. The summed E-state index contributed by atoms with van der Waals surface area (Å²) in [4.78, 5) is 38.1. The number of benzene rings is 1. The molecule has 0 unspecified atom stereocenters. The van der Waals surface area contributed by atoms with Crippen LogP contribution in [0.25, 0.3) is 0 Å². The Morgan fingerprint density at radius 3 is 2.43 bits per heavy atom. The molecule has 6 nitrogen and oxygen atoms in total. The zero-order valence-electron chi connectivity index (χ0n) is 11.6. The van der Waals surface area contributed by atoms with Crippen molar-refractivity contribution in [2.24, 2.45) is 0 Å². The normalized spacial score (nSPS) is 10.0. The predicted molar refractivity (Wildman–Crippen MR) is 77.5 cm³/mol. The first kappa shape index (κ1) is 14.5. The third-order valence-corrected chi connectivity index (χ3v) is 2.92. The number of aromatic nitrogens is 1. The van der Waals surface area contributed by atoms with Crippen LogP contribution in [0, 0.1) is 6.92 Å². The van der Waals surface area contributed by atoms with Crippen molar-refractivity contribution in [3.8, 4) is 0 Å². The number of aryl methyl sites for hydroxylation is 1. The molecule has 1 heterocycles. The number of pyridine rings is 1. The standard InChI is InChI=1S/C15H14N2O4/c1-9-11(15(20)21-2)8-12(13(18)16-9)14(19)17-10-6-4-3-5-7-10/h3-8H,1-2H3,(H,16,18)(H,17,19). The van der Waals surface area contributed by atoms with Gasteiger partial charge in [0, 0.05) is 11.4 Å². The molecular weight excluding hydrogens is 272 g/mol. The van der Waals surface area contributed by atoms with E-state index < -0.39 is 17.4 Å². The molecular formula is C15H14N2O4. The Kier molecular flexibility index (Phi) is 4.18. The van der Waals surface area contributed by atoms with Gasteiger partial charge in [0.15, 0.2) is 0 Å². The summed E-state index contributed by atoms with van der Waals surface area (Å²) in [6, 6.07) is 9.95. The van der Waals surface area contributed by atoms with Gasteiger partial charge in [-0.25, -0.2) is 4.79 Å². The van der Waals surface area contributed by atoms with Gasteiger partial charge in [-0.3, -0.25) is 9.59 Å². The smallest absolute Gasteiger partial charge is 0.339 e. The number of methoxy groups -OCH3 is 1. The Bertz CT molecular complexity index is 735. The topological polar surface area (TPSA) is 88.3 Å². The predicted octanol–water partition coefficient (Wildman–Crippen LogP) is 1.72. The molecule has 2 rings (SSSR count). The fourth-order valence-electron chi connectivity index (χ4n) is 1.83. The van der Waals surface area contributed by atoms with Gasteiger partial charge >= 0.3 is 5.97 Å². The Hall–Kier alpha value is -2.89. The van der Waals surface area contributed by atoms with Crippen LogP contribution in [0.4, 0.5) is 5.69 Å². The summed E-state index contributed by atoms with van der Waals surface area (Å²) in [7, 11) is 1.23. The van der Waals surface area contributed by atoms with E-state index in [1.165, 1.54) is 13.2 Å². The van der Waals surface area contributed by atoms with E-state index in [0.29, 0.717) is 11.4 Å². The molecule has 0 atom stereocenters. The van der Waals surface area contributed by atoms with Crippen LogP contribution in [0.3, 0.4) is 0 Å². The maximum atomic E-state index is 12.1. The number of ether oxygens (including phenoxy) is 1. The first-order valence-corrected chi connectivity index (χ1v) is 6.21. The zero-order valence-corrected chi connectivity index (χ0v) is 11.6. The SMILES string of the molecule is COC(=O)c1cc(C(=O)Nc2ccccc2)c(=O)[nH]c1C. The molecule has 0 saturated carbocycles. The van der Waals surface area contributed by atoms with Crippen LogP contribution in [0.15, 0.2) is 41.2 Å². The number of hydrogen-bond donors (Lipinski definition) is 2. The van der Waals surface area contributed by atoms with Gasteiger partial charge in [-0.15, -0.1) is 0 Å². The van der Waals surface area contributed by atoms with Gasteiger partial charge < -0.3 is 15.0 Å². The fourth-order valence-corrected chi connectivity index (χ4v) is 1.83. The van der Waals surface area contributed by atoms with E-state index >= 15 is 0 Å². The highest BCUT2D eigenvalue weighted by Crippen LogP contribution is 2.10. The lowest BCUT2D eigenvalue weighted by atomic mass is 10.1. The monoisotopic (exact) mass is 286 g/mol. The minimum atomic E-state index is -0.613. The minimum Gasteiger partial charge on any atom is -0.465 e. The van der Waals surface area contributed by atoms with Crippen LogP contribution in [0.1, 0.15) is 26.4 Å². The molecule has 0 aliphatic rings. The molecule has 1 aromatic carbocycles. The lowest BCUT2D eigenvalue weighted by Crippen LogP contribution is -2.25. The molecule has 21 heavy (non-hydrogen) atoms. The number of carbonyl (C=O) groups excluding carboxylic acids is 2. The number of para-hydroxylation sites is 1. The molecule has 0 aliphatic heterocycles. The Morgan fingerprint density at radius 1 is 1.14 bits per heavy atom. The fraction of sp³-hybridized carbons (Fsp3) is 0.133. The van der Waals surface area contributed by atoms with Crippen LogP contribution >= 0.6 is 0 Å². The molecule has 0 bridgehead atoms. The Balaban J connectivity index is 2.37. The van der Waals surface area contributed by atoms with E-state index in [2.05, 4.69) is 15.0 Å². The van der Waals surface area contributed by atoms with Gasteiger partial charge in [-0.1, -0.05) is 18.2 Å². The molecule has 0 aliphatic carbocycles. The summed E-state index contributed by atoms with van der Waals surface area (Å²) in [6.45, 7) is 1.56. The first-order chi connectivity index (χ1) is 10.0. The molecule has 0 saturated heterocycles. The van der Waals surface area contributed by atoms with Gasteiger partial charge in [0.25, 0.3) is 11.5 Å². The molecule has 2 N–H and O–H groups in total. The average Bonchev–Trinajstić information content (AvgIpc) is 2.47. The lowest BCUT2D eigenvalue weighted by Gasteiger charge is -2.08. The van der Waals surface area contributed by atoms with E-state index in [1.807, 2.05) is 6.07 Å². The summed E-state index contributed by atoms with van der Waals surface area (Å²) in [6.07, 6.45) is 0. The first-order valence-electron chi connectivity index (χ1n) is 6.21. The molecule has 0 spiro atoms. The number of aromatic amines is 1. The zero-order chi connectivity index (χ0) is 15.4. The number of carbonyl (C=O) groups is 2. The van der Waals surface area contributed by atoms with Crippen molar-refractivity contribution in [1.29, 1.82) is 0 Å². The summed E-state index contributed by atoms with van der Waals surface area (Å²) in [5, 5.41) is 2.59. The van der Waals surface area contributed by atoms with Gasteiger partial charge in [0.05, 0.1) is 12.7 Å². The van der Waals surface area contributed by atoms with E-state index in [-0.39, 0.29) is 11.1 Å². The second kappa shape index (κ2) is 6.04. The quantitative estimate of drug-likeness (QED) is 0.841. The van der Waals surface area contributed by atoms with Crippen molar-refractivity contribution in [2.75, 3.05) is 12.4 Å². The third kappa shape index (κ3) is 3.17. The van der Waals surface area contributed by atoms with E-state index in [0.717, 1.165) is 0 Å². The molecule has 1 amide bonds. The van der Waals surface area contributed by atoms with E-state index in [1.54, 1.807) is 31.2 Å². The van der Waals surface area contributed by atoms with Crippen molar-refractivity contribution in [1.82, 2.24) is 4.98 Å². The van der Waals surface area contributed by atoms with Crippen molar-refractivity contribution in [3.05, 3.63) is 63.6 Å². The maximum Gasteiger partial charge on any atom is 0.339 e. The maximum absolute atomic E-state index is 12.1. The van der Waals surface area contributed by atoms with Crippen molar-refractivity contribution in [3.63, 3.8) is 0 Å². The molecule has 0 radical (unpaired) electrons. The molecule has 108 valence electrons. The average molecular weight is 286 g/mol. The second-order valence-electron chi connectivity index (χ2n) is 4.36. The Labute approximate surface area is 120 Å². The highest BCUT2D eigenvalue weighted by molar-refractivity contribution is 6.05. The van der Waals surface area contributed by atoms with Crippen LogP contribution in [-0.4, -0.2) is 24.0 Å². The largest absolute Gasteiger partial charge is 0.465 e. The molecule has 1 aromatic heterocycles. The van der Waals surface area contributed by atoms with E-state index in [9.17, 15) is 14.4 Å². The van der Waals surface area contributed by atoms with Crippen molar-refractivity contribution in [2.45, 2.75) is 6.92 Å². The van der Waals surface area contributed by atoms with Gasteiger partial charge in [-0.05, 0) is 25.1 Å². The van der Waals surface area contributed by atoms with Crippen LogP contribution in [0.5, 0.6) is 0 Å². The summed E-state index contributed by atoms with van der Waals surface area (Å²) in [5.41, 5.74) is 0.346. The third-order valence-electron chi connectivity index (χ3n) is 2.92. The lowest BCUT2D eigenvalue weighted by molar-refractivity contribution is 0.0599. The number of rotatable bonds is 3. The summed E-state index contributed by atoms with van der Waals surface area (Å²) < 4.78 is 4.62.